The second-order valence-corrected chi connectivity index (χ2v) is 7.62. The first-order valence-electron chi connectivity index (χ1n) is 7.11. The molecule has 108 valence electrons. The first kappa shape index (κ1) is 15.3. The van der Waals surface area contributed by atoms with E-state index in [0.717, 1.165) is 30.7 Å². The van der Waals surface area contributed by atoms with E-state index in [0.29, 0.717) is 6.04 Å². The molecule has 0 saturated heterocycles. The van der Waals surface area contributed by atoms with Crippen LogP contribution in [0, 0.1) is 6.92 Å². The Morgan fingerprint density at radius 1 is 1.58 bits per heavy atom. The number of nitrogens with zero attached hydrogens (tertiary/aromatic N) is 1. The molecule has 0 bridgehead atoms. The second kappa shape index (κ2) is 7.07. The Kier molecular flexibility index (Phi) is 5.69. The topological polar surface area (TPSA) is 45.2 Å². The maximum Gasteiger partial charge on any atom is 0.150 e. The monoisotopic (exact) mass is 300 g/mol. The Hall–Kier alpha value is -0.100. The number of aliphatic hydroxyl groups excluding tert-OH is 1. The van der Waals surface area contributed by atoms with Crippen molar-refractivity contribution in [1.29, 1.82) is 0 Å². The lowest BCUT2D eigenvalue weighted by Crippen LogP contribution is -2.49. The lowest BCUT2D eigenvalue weighted by molar-refractivity contribution is 0.144. The summed E-state index contributed by atoms with van der Waals surface area (Å²) < 4.78 is 1.17. The van der Waals surface area contributed by atoms with E-state index in [1.165, 1.54) is 17.2 Å². The molecule has 1 aromatic heterocycles. The first-order valence-corrected chi connectivity index (χ1v) is 8.97. The molecule has 5 heteroatoms. The van der Waals surface area contributed by atoms with E-state index in [1.54, 1.807) is 11.3 Å². The van der Waals surface area contributed by atoms with Gasteiger partial charge in [-0.15, -0.1) is 11.3 Å². The number of aliphatic hydroxyl groups is 1. The first-order chi connectivity index (χ1) is 9.17. The minimum atomic E-state index is -0.0550. The van der Waals surface area contributed by atoms with Crippen LogP contribution in [-0.4, -0.2) is 34.0 Å². The van der Waals surface area contributed by atoms with Gasteiger partial charge in [0.15, 0.2) is 0 Å². The Bertz CT molecular complexity index is 387. The van der Waals surface area contributed by atoms with Crippen molar-refractivity contribution in [3.63, 3.8) is 0 Å². The number of aryl methyl sites for hydroxylation is 1. The smallest absolute Gasteiger partial charge is 0.150 e. The highest BCUT2D eigenvalue weighted by Gasteiger charge is 2.33. The van der Waals surface area contributed by atoms with Crippen LogP contribution in [-0.2, 0) is 0 Å². The average Bonchev–Trinajstić information content (AvgIpc) is 3.14. The molecular formula is C14H24N2OS2. The molecule has 0 aromatic carbocycles. The molecule has 0 aliphatic heterocycles. The summed E-state index contributed by atoms with van der Waals surface area (Å²) >= 11 is 3.56. The molecule has 1 aliphatic carbocycles. The third-order valence-corrected chi connectivity index (χ3v) is 5.92. The highest BCUT2D eigenvalue weighted by Crippen LogP contribution is 2.29. The van der Waals surface area contributed by atoms with E-state index in [1.807, 2.05) is 18.7 Å². The minimum Gasteiger partial charge on any atom is -0.394 e. The predicted molar refractivity (Wildman–Crippen MR) is 83.1 cm³/mol. The standard InChI is InChI=1S/C14H24N2OS2/c1-3-14(10-17,16-12-5-6-12)7-4-8-18-13-15-11(2)9-19-13/h9,12,16-17H,3-8,10H2,1-2H3. The second-order valence-electron chi connectivity index (χ2n) is 5.42. The average molecular weight is 300 g/mol. The number of thiazole rings is 1. The van der Waals surface area contributed by atoms with Crippen molar-refractivity contribution in [2.24, 2.45) is 0 Å². The number of aromatic nitrogens is 1. The predicted octanol–water partition coefficient (Wildman–Crippen LogP) is 3.22. The number of hydrogen-bond acceptors (Lipinski definition) is 5. The molecule has 1 unspecified atom stereocenters. The number of rotatable bonds is 9. The van der Waals surface area contributed by atoms with Gasteiger partial charge in [-0.1, -0.05) is 18.7 Å². The molecule has 1 fully saturated rings. The van der Waals surface area contributed by atoms with Crippen LogP contribution in [0.5, 0.6) is 0 Å². The summed E-state index contributed by atoms with van der Waals surface area (Å²) in [6, 6.07) is 0.654. The van der Waals surface area contributed by atoms with Gasteiger partial charge in [-0.25, -0.2) is 4.98 Å². The molecule has 3 nitrogen and oxygen atoms in total. The highest BCUT2D eigenvalue weighted by molar-refractivity contribution is 8.00. The van der Waals surface area contributed by atoms with Crippen LogP contribution >= 0.6 is 23.1 Å². The zero-order chi connectivity index (χ0) is 13.7. The molecule has 1 aromatic rings. The maximum absolute atomic E-state index is 9.69. The Morgan fingerprint density at radius 2 is 2.37 bits per heavy atom. The van der Waals surface area contributed by atoms with Gasteiger partial charge in [-0.05, 0) is 39.0 Å². The Labute approximate surface area is 124 Å². The van der Waals surface area contributed by atoms with Gasteiger partial charge in [0.05, 0.1) is 6.61 Å². The molecule has 0 spiro atoms. The van der Waals surface area contributed by atoms with E-state index < -0.39 is 0 Å². The third kappa shape index (κ3) is 4.74. The molecule has 0 amide bonds. The van der Waals surface area contributed by atoms with Crippen LogP contribution in [0.3, 0.4) is 0 Å². The molecule has 19 heavy (non-hydrogen) atoms. The fourth-order valence-corrected chi connectivity index (χ4v) is 4.08. The number of nitrogens with one attached hydrogen (secondary N) is 1. The van der Waals surface area contributed by atoms with Crippen molar-refractivity contribution in [3.8, 4) is 0 Å². The van der Waals surface area contributed by atoms with Gasteiger partial charge in [-0.2, -0.15) is 0 Å². The normalized spacial score (nSPS) is 18.5. The Balaban J connectivity index is 1.72. The quantitative estimate of drug-likeness (QED) is 0.543. The molecule has 1 heterocycles. The third-order valence-electron chi connectivity index (χ3n) is 3.69. The number of hydrogen-bond donors (Lipinski definition) is 2. The van der Waals surface area contributed by atoms with Crippen LogP contribution in [0.1, 0.15) is 44.7 Å². The summed E-state index contributed by atoms with van der Waals surface area (Å²) in [7, 11) is 0. The van der Waals surface area contributed by atoms with Crippen LogP contribution in [0.4, 0.5) is 0 Å². The van der Waals surface area contributed by atoms with Gasteiger partial charge < -0.3 is 10.4 Å². The van der Waals surface area contributed by atoms with Crippen molar-refractivity contribution in [1.82, 2.24) is 10.3 Å². The Morgan fingerprint density at radius 3 is 2.89 bits per heavy atom. The summed E-state index contributed by atoms with van der Waals surface area (Å²) in [4.78, 5) is 4.46. The maximum atomic E-state index is 9.69. The van der Waals surface area contributed by atoms with Crippen LogP contribution < -0.4 is 5.32 Å². The molecular weight excluding hydrogens is 276 g/mol. The SMILES string of the molecule is CCC(CO)(CCCSc1nc(C)cs1)NC1CC1. The van der Waals surface area contributed by atoms with E-state index >= 15 is 0 Å². The van der Waals surface area contributed by atoms with E-state index in [-0.39, 0.29) is 12.1 Å². The molecule has 1 aliphatic rings. The summed E-state index contributed by atoms with van der Waals surface area (Å²) in [5, 5.41) is 15.4. The van der Waals surface area contributed by atoms with Gasteiger partial charge in [0.2, 0.25) is 0 Å². The van der Waals surface area contributed by atoms with Crippen molar-refractivity contribution in [3.05, 3.63) is 11.1 Å². The fraction of sp³-hybridized carbons (Fsp3) is 0.786. The van der Waals surface area contributed by atoms with Crippen LogP contribution in [0.15, 0.2) is 9.72 Å². The molecule has 0 radical (unpaired) electrons. The van der Waals surface area contributed by atoms with Gasteiger partial charge in [-0.3, -0.25) is 0 Å². The van der Waals surface area contributed by atoms with E-state index in [9.17, 15) is 5.11 Å². The van der Waals surface area contributed by atoms with Crippen LogP contribution in [0.25, 0.3) is 0 Å². The highest BCUT2D eigenvalue weighted by atomic mass is 32.2. The zero-order valence-electron chi connectivity index (χ0n) is 11.8. The van der Waals surface area contributed by atoms with Crippen LogP contribution in [0.2, 0.25) is 0 Å². The van der Waals surface area contributed by atoms with Gasteiger partial charge in [0, 0.05) is 28.4 Å². The fourth-order valence-electron chi connectivity index (χ4n) is 2.22. The van der Waals surface area contributed by atoms with Gasteiger partial charge >= 0.3 is 0 Å². The van der Waals surface area contributed by atoms with Gasteiger partial charge in [0.25, 0.3) is 0 Å². The van der Waals surface area contributed by atoms with E-state index in [2.05, 4.69) is 22.6 Å². The summed E-state index contributed by atoms with van der Waals surface area (Å²) in [6.07, 6.45) is 5.72. The number of thioether (sulfide) groups is 1. The van der Waals surface area contributed by atoms with Crippen molar-refractivity contribution >= 4 is 23.1 Å². The summed E-state index contributed by atoms with van der Waals surface area (Å²) in [5.74, 6) is 1.08. The van der Waals surface area contributed by atoms with Crippen molar-refractivity contribution in [2.45, 2.75) is 61.9 Å². The van der Waals surface area contributed by atoms with Crippen molar-refractivity contribution in [2.75, 3.05) is 12.4 Å². The summed E-state index contributed by atoms with van der Waals surface area (Å²) in [6.45, 7) is 4.46. The molecule has 2 rings (SSSR count). The largest absolute Gasteiger partial charge is 0.394 e. The molecule has 1 atom stereocenters. The summed E-state index contributed by atoms with van der Waals surface area (Å²) in [5.41, 5.74) is 1.06. The molecule has 1 saturated carbocycles. The molecule has 2 N–H and O–H groups in total. The van der Waals surface area contributed by atoms with Gasteiger partial charge in [0.1, 0.15) is 4.34 Å². The lowest BCUT2D eigenvalue weighted by atomic mass is 9.91. The van der Waals surface area contributed by atoms with E-state index in [4.69, 9.17) is 0 Å². The lowest BCUT2D eigenvalue weighted by Gasteiger charge is -2.32. The zero-order valence-corrected chi connectivity index (χ0v) is 13.4. The minimum absolute atomic E-state index is 0.0550. The van der Waals surface area contributed by atoms with Crippen molar-refractivity contribution < 1.29 is 5.11 Å².